The molecule has 5 heteroatoms. The molecule has 9 heavy (non-hydrogen) atoms. The monoisotopic (exact) mass is 255 g/mol. The molecule has 0 unspecified atom stereocenters. The Morgan fingerprint density at radius 1 is 1.78 bits per heavy atom. The van der Waals surface area contributed by atoms with Gasteiger partial charge in [-0.1, -0.05) is 0 Å². The summed E-state index contributed by atoms with van der Waals surface area (Å²) in [6.45, 7) is 0. The van der Waals surface area contributed by atoms with Gasteiger partial charge >= 0.3 is 65.5 Å². The van der Waals surface area contributed by atoms with E-state index in [2.05, 4.69) is 15.9 Å². The van der Waals surface area contributed by atoms with Crippen molar-refractivity contribution in [3.05, 3.63) is 25.6 Å². The fourth-order valence-electron chi connectivity index (χ4n) is 0.416. The van der Waals surface area contributed by atoms with Crippen LogP contribution in [0.4, 0.5) is 4.56 Å². The summed E-state index contributed by atoms with van der Waals surface area (Å²) in [7, 11) is 0. The number of nitrogens with zero attached hydrogens (tertiary/aromatic N) is 1. The number of hydrogen-bond acceptors (Lipinski definition) is 2. The van der Waals surface area contributed by atoms with Crippen molar-refractivity contribution in [2.45, 2.75) is 0 Å². The molecule has 1 aromatic rings. The van der Waals surface area contributed by atoms with E-state index in [-0.39, 0.29) is 19.4 Å². The third-order valence-electron chi connectivity index (χ3n) is 0.764. The zero-order valence-corrected chi connectivity index (χ0v) is 7.50. The van der Waals surface area contributed by atoms with E-state index < -0.39 is 0 Å². The van der Waals surface area contributed by atoms with E-state index in [1.54, 1.807) is 6.07 Å². The van der Waals surface area contributed by atoms with Gasteiger partial charge in [0.25, 0.3) is 0 Å². The van der Waals surface area contributed by atoms with Gasteiger partial charge in [-0.25, -0.2) is 0 Å². The van der Waals surface area contributed by atoms with Crippen molar-refractivity contribution in [2.75, 3.05) is 0 Å². The first kappa shape index (κ1) is 6.99. The second-order valence-electron chi connectivity index (χ2n) is 1.33. The van der Waals surface area contributed by atoms with Crippen LogP contribution in [0.5, 0.6) is 0 Å². The average molecular weight is 255 g/mol. The number of rotatable bonds is 1. The van der Waals surface area contributed by atoms with E-state index in [0.29, 0.717) is 9.03 Å². The van der Waals surface area contributed by atoms with Crippen molar-refractivity contribution in [2.24, 2.45) is 0 Å². The summed E-state index contributed by atoms with van der Waals surface area (Å²) in [6.07, 6.45) is 0. The molecule has 0 N–H and O–H groups in total. The maximum atomic E-state index is 10.1. The van der Waals surface area contributed by atoms with Gasteiger partial charge in [-0.3, -0.25) is 0 Å². The Labute approximate surface area is 65.7 Å². The third kappa shape index (κ3) is 1.41. The van der Waals surface area contributed by atoms with E-state index in [0.717, 1.165) is 0 Å². The molecule has 1 heterocycles. The summed E-state index contributed by atoms with van der Waals surface area (Å²) in [5.74, 6) is 0. The molecule has 1 rings (SSSR count). The van der Waals surface area contributed by atoms with Crippen molar-refractivity contribution in [3.63, 3.8) is 0 Å². The van der Waals surface area contributed by atoms with E-state index in [1.807, 2.05) is 4.94 Å². The van der Waals surface area contributed by atoms with E-state index in [4.69, 9.17) is 0 Å². The zero-order valence-electron chi connectivity index (χ0n) is 4.20. The molecular formula is C4H2BrNO2Se. The second kappa shape index (κ2) is 2.64. The Kier molecular flexibility index (Phi) is 2.05. The number of halogens is 1. The van der Waals surface area contributed by atoms with Crippen molar-refractivity contribution < 1.29 is 4.92 Å². The molecule has 3 nitrogen and oxygen atoms in total. The number of nitro groups is 1. The van der Waals surface area contributed by atoms with Crippen molar-refractivity contribution in [1.82, 2.24) is 0 Å². The first-order valence-corrected chi connectivity index (χ1v) is 4.73. The van der Waals surface area contributed by atoms with Crippen LogP contribution in [-0.2, 0) is 0 Å². The minimum absolute atomic E-state index is 0.0671. The first-order chi connectivity index (χ1) is 4.22. The minimum atomic E-state index is -0.343. The molecule has 0 aliphatic rings. The van der Waals surface area contributed by atoms with Gasteiger partial charge in [0.2, 0.25) is 0 Å². The normalized spacial score (nSPS) is 9.44. The van der Waals surface area contributed by atoms with Gasteiger partial charge in [0.05, 0.1) is 0 Å². The number of hydrogen-bond donors (Lipinski definition) is 0. The Balaban J connectivity index is 3.08. The first-order valence-electron chi connectivity index (χ1n) is 2.09. The molecule has 0 spiro atoms. The van der Waals surface area contributed by atoms with Gasteiger partial charge in [-0.05, 0) is 0 Å². The summed E-state index contributed by atoms with van der Waals surface area (Å²) in [4.78, 5) is 11.6. The van der Waals surface area contributed by atoms with Crippen LogP contribution >= 0.6 is 15.9 Å². The van der Waals surface area contributed by atoms with Crippen molar-refractivity contribution in [1.29, 1.82) is 0 Å². The van der Waals surface area contributed by atoms with Crippen LogP contribution in [0.15, 0.2) is 15.5 Å². The quantitative estimate of drug-likeness (QED) is 0.432. The fourth-order valence-corrected chi connectivity index (χ4v) is 2.83. The third-order valence-corrected chi connectivity index (χ3v) is 3.81. The maximum absolute atomic E-state index is 10.1. The molecule has 1 aromatic heterocycles. The molecule has 0 amide bonds. The Morgan fingerprint density at radius 3 is 2.67 bits per heavy atom. The predicted octanol–water partition coefficient (Wildman–Crippen LogP) is 1.41. The Morgan fingerprint density at radius 2 is 2.44 bits per heavy atom. The fraction of sp³-hybridized carbons (Fsp3) is 0. The standard InChI is InChI=1S/C4H2BrNO2Se/c5-3-1-2-9-4(3)6(7)8/h1-2H. The van der Waals surface area contributed by atoms with Crippen molar-refractivity contribution in [3.8, 4) is 0 Å². The molecule has 0 saturated heterocycles. The van der Waals surface area contributed by atoms with Gasteiger partial charge in [0.1, 0.15) is 0 Å². The van der Waals surface area contributed by atoms with Crippen LogP contribution in [0.25, 0.3) is 0 Å². The van der Waals surface area contributed by atoms with E-state index >= 15 is 0 Å². The van der Waals surface area contributed by atoms with E-state index in [9.17, 15) is 10.1 Å². The van der Waals surface area contributed by atoms with Crippen LogP contribution in [0.2, 0.25) is 0 Å². The molecule has 0 aromatic carbocycles. The summed E-state index contributed by atoms with van der Waals surface area (Å²) in [5.41, 5.74) is 0. The predicted molar refractivity (Wildman–Crippen MR) is 37.7 cm³/mol. The van der Waals surface area contributed by atoms with Crippen LogP contribution in [0.3, 0.4) is 0 Å². The summed E-state index contributed by atoms with van der Waals surface area (Å²) < 4.78 is 0.926. The van der Waals surface area contributed by atoms with Crippen LogP contribution in [0.1, 0.15) is 0 Å². The van der Waals surface area contributed by atoms with Gasteiger partial charge in [-0.15, -0.1) is 0 Å². The molecular weight excluding hydrogens is 253 g/mol. The Hall–Kier alpha value is -0.121. The van der Waals surface area contributed by atoms with Gasteiger partial charge in [0, 0.05) is 0 Å². The van der Waals surface area contributed by atoms with E-state index in [1.165, 1.54) is 0 Å². The molecule has 0 bridgehead atoms. The molecule has 48 valence electrons. The molecule has 0 radical (unpaired) electrons. The average Bonchev–Trinajstić information content (AvgIpc) is 2.13. The molecule has 0 aliphatic carbocycles. The second-order valence-corrected chi connectivity index (χ2v) is 4.06. The van der Waals surface area contributed by atoms with Crippen molar-refractivity contribution >= 4 is 35.0 Å². The summed E-state index contributed by atoms with van der Waals surface area (Å²) >= 11 is 3.00. The Bertz CT molecular complexity index is 234. The SMILES string of the molecule is O=[N+]([O-])c1[se]ccc1Br. The zero-order chi connectivity index (χ0) is 6.85. The van der Waals surface area contributed by atoms with Crippen LogP contribution in [-0.4, -0.2) is 19.4 Å². The summed E-state index contributed by atoms with van der Waals surface area (Å²) in [5, 5.41) is 10.1. The topological polar surface area (TPSA) is 43.1 Å². The van der Waals surface area contributed by atoms with Gasteiger partial charge in [0.15, 0.2) is 0 Å². The molecule has 0 aliphatic heterocycles. The molecule has 0 atom stereocenters. The summed E-state index contributed by atoms with van der Waals surface area (Å²) in [6, 6.07) is 1.72. The van der Waals surface area contributed by atoms with Crippen LogP contribution in [0, 0.1) is 10.1 Å². The molecule has 0 saturated carbocycles. The van der Waals surface area contributed by atoms with Gasteiger partial charge in [-0.2, -0.15) is 0 Å². The van der Waals surface area contributed by atoms with Crippen LogP contribution < -0.4 is 0 Å². The van der Waals surface area contributed by atoms with Gasteiger partial charge < -0.3 is 0 Å². The molecule has 0 fully saturated rings.